The minimum Gasteiger partial charge on any atom is -0.457 e. The van der Waals surface area contributed by atoms with Gasteiger partial charge >= 0.3 is 0 Å². The van der Waals surface area contributed by atoms with Crippen molar-refractivity contribution in [2.75, 3.05) is 13.2 Å². The van der Waals surface area contributed by atoms with Crippen LogP contribution in [0.1, 0.15) is 96.0 Å². The van der Waals surface area contributed by atoms with Crippen LogP contribution in [0, 0.1) is 0 Å². The van der Waals surface area contributed by atoms with Crippen LogP contribution in [0.3, 0.4) is 0 Å². The number of aliphatic hydroxyl groups is 5. The summed E-state index contributed by atoms with van der Waals surface area (Å²) in [5, 5.41) is 48.0. The number of unbranched alkanes of at least 4 members (excludes halogenated alkanes) is 12. The van der Waals surface area contributed by atoms with E-state index in [4.69, 9.17) is 9.84 Å². The van der Waals surface area contributed by atoms with E-state index in [0.29, 0.717) is 0 Å². The van der Waals surface area contributed by atoms with Crippen molar-refractivity contribution in [3.63, 3.8) is 0 Å². The standard InChI is InChI=1S/C26H46O6/c1-2-3-4-5-6-7-8-9-10-11-12-13-14-15-22-16-18-23(19-17-22)32-26(31,21-28)25(30)24(29)20-27/h16-19,24-25,27-31H,2-15,20-21H2,1H3. The van der Waals surface area contributed by atoms with Gasteiger partial charge in [0.25, 0.3) is 5.79 Å². The van der Waals surface area contributed by atoms with Gasteiger partial charge in [-0.1, -0.05) is 96.1 Å². The van der Waals surface area contributed by atoms with Crippen LogP contribution >= 0.6 is 0 Å². The average Bonchev–Trinajstić information content (AvgIpc) is 2.82. The first-order valence-corrected chi connectivity index (χ1v) is 12.5. The van der Waals surface area contributed by atoms with Crippen molar-refractivity contribution in [3.05, 3.63) is 29.8 Å². The molecule has 5 N–H and O–H groups in total. The van der Waals surface area contributed by atoms with Gasteiger partial charge in [0.1, 0.15) is 24.6 Å². The predicted molar refractivity (Wildman–Crippen MR) is 128 cm³/mol. The Labute approximate surface area is 194 Å². The lowest BCUT2D eigenvalue weighted by atomic mass is 10.0. The largest absolute Gasteiger partial charge is 0.457 e. The van der Waals surface area contributed by atoms with Gasteiger partial charge in [0.05, 0.1) is 6.61 Å². The fraction of sp³-hybridized carbons (Fsp3) is 0.769. The molecular formula is C26H46O6. The maximum absolute atomic E-state index is 10.3. The Balaban J connectivity index is 2.17. The Hall–Kier alpha value is -1.18. The van der Waals surface area contributed by atoms with Gasteiger partial charge in [-0.2, -0.15) is 0 Å². The molecule has 0 aliphatic heterocycles. The second kappa shape index (κ2) is 17.3. The van der Waals surface area contributed by atoms with Crippen LogP contribution in [-0.4, -0.2) is 56.7 Å². The summed E-state index contributed by atoms with van der Waals surface area (Å²) < 4.78 is 5.30. The molecule has 0 saturated heterocycles. The van der Waals surface area contributed by atoms with Crippen molar-refractivity contribution in [2.45, 2.75) is 115 Å². The smallest absolute Gasteiger partial charge is 0.260 e. The average molecular weight is 455 g/mol. The van der Waals surface area contributed by atoms with Crippen LogP contribution in [-0.2, 0) is 6.42 Å². The SMILES string of the molecule is CCCCCCCCCCCCCCCc1ccc(OC(O)(CO)C(O)C(O)CO)cc1. The Bertz CT molecular complexity index is 564. The van der Waals surface area contributed by atoms with Gasteiger partial charge in [-0.15, -0.1) is 0 Å². The molecule has 1 aromatic carbocycles. The number of hydrogen-bond acceptors (Lipinski definition) is 6. The van der Waals surface area contributed by atoms with E-state index < -0.39 is 31.2 Å². The molecule has 1 aromatic rings. The summed E-state index contributed by atoms with van der Waals surface area (Å²) in [6.07, 6.45) is 14.8. The van der Waals surface area contributed by atoms with Crippen molar-refractivity contribution in [2.24, 2.45) is 0 Å². The second-order valence-corrected chi connectivity index (χ2v) is 8.94. The third kappa shape index (κ3) is 11.6. The van der Waals surface area contributed by atoms with Crippen LogP contribution in [0.2, 0.25) is 0 Å². The van der Waals surface area contributed by atoms with Crippen LogP contribution in [0.5, 0.6) is 5.75 Å². The molecule has 32 heavy (non-hydrogen) atoms. The van der Waals surface area contributed by atoms with E-state index in [1.165, 1.54) is 77.0 Å². The monoisotopic (exact) mass is 454 g/mol. The predicted octanol–water partition coefficient (Wildman–Crippen LogP) is 4.09. The molecule has 6 nitrogen and oxygen atoms in total. The number of rotatable bonds is 20. The number of hydrogen-bond donors (Lipinski definition) is 5. The first-order chi connectivity index (χ1) is 15.5. The van der Waals surface area contributed by atoms with E-state index in [-0.39, 0.29) is 5.75 Å². The maximum atomic E-state index is 10.3. The van der Waals surface area contributed by atoms with Gasteiger partial charge < -0.3 is 30.3 Å². The lowest BCUT2D eigenvalue weighted by molar-refractivity contribution is -0.249. The van der Waals surface area contributed by atoms with Crippen LogP contribution in [0.15, 0.2) is 24.3 Å². The van der Waals surface area contributed by atoms with Gasteiger partial charge in [0, 0.05) is 0 Å². The molecule has 0 fully saturated rings. The van der Waals surface area contributed by atoms with Crippen molar-refractivity contribution in [3.8, 4) is 5.75 Å². The van der Waals surface area contributed by atoms with Crippen LogP contribution in [0.4, 0.5) is 0 Å². The summed E-state index contributed by atoms with van der Waals surface area (Å²) in [6, 6.07) is 7.11. The van der Waals surface area contributed by atoms with Crippen molar-refractivity contribution >= 4 is 0 Å². The molecule has 3 unspecified atom stereocenters. The minimum atomic E-state index is -2.39. The summed E-state index contributed by atoms with van der Waals surface area (Å²) >= 11 is 0. The number of ether oxygens (including phenoxy) is 1. The molecule has 0 aliphatic carbocycles. The van der Waals surface area contributed by atoms with Gasteiger partial charge in [-0.3, -0.25) is 0 Å². The summed E-state index contributed by atoms with van der Waals surface area (Å²) in [4.78, 5) is 0. The van der Waals surface area contributed by atoms with E-state index in [2.05, 4.69) is 6.92 Å². The Morgan fingerprint density at radius 1 is 0.750 bits per heavy atom. The zero-order valence-corrected chi connectivity index (χ0v) is 19.9. The highest BCUT2D eigenvalue weighted by molar-refractivity contribution is 5.28. The molecule has 0 amide bonds. The van der Waals surface area contributed by atoms with Crippen molar-refractivity contribution in [1.82, 2.24) is 0 Å². The molecular weight excluding hydrogens is 408 g/mol. The minimum absolute atomic E-state index is 0.264. The molecule has 0 bridgehead atoms. The van der Waals surface area contributed by atoms with E-state index in [0.717, 1.165) is 18.4 Å². The molecule has 186 valence electrons. The first kappa shape index (κ1) is 28.9. The summed E-state index contributed by atoms with van der Waals surface area (Å²) in [5.41, 5.74) is 1.16. The number of aliphatic hydroxyl groups excluding tert-OH is 4. The summed E-state index contributed by atoms with van der Waals surface area (Å²) in [6.45, 7) is 0.575. The highest BCUT2D eigenvalue weighted by Crippen LogP contribution is 2.23. The molecule has 1 rings (SSSR count). The lowest BCUT2D eigenvalue weighted by Crippen LogP contribution is -2.56. The Morgan fingerprint density at radius 3 is 1.66 bits per heavy atom. The fourth-order valence-corrected chi connectivity index (χ4v) is 3.86. The van der Waals surface area contributed by atoms with Gasteiger partial charge in [-0.25, -0.2) is 0 Å². The lowest BCUT2D eigenvalue weighted by Gasteiger charge is -2.33. The normalized spacial score (nSPS) is 15.3. The van der Waals surface area contributed by atoms with Gasteiger partial charge in [0.15, 0.2) is 0 Å². The van der Waals surface area contributed by atoms with Crippen LogP contribution in [0.25, 0.3) is 0 Å². The molecule has 0 spiro atoms. The van der Waals surface area contributed by atoms with Crippen LogP contribution < -0.4 is 4.74 Å². The summed E-state index contributed by atoms with van der Waals surface area (Å²) in [7, 11) is 0. The topological polar surface area (TPSA) is 110 Å². The zero-order valence-electron chi connectivity index (χ0n) is 19.9. The second-order valence-electron chi connectivity index (χ2n) is 8.94. The Kier molecular flexibility index (Phi) is 15.6. The van der Waals surface area contributed by atoms with E-state index in [1.54, 1.807) is 12.1 Å². The molecule has 3 atom stereocenters. The third-order valence-corrected chi connectivity index (χ3v) is 6.03. The third-order valence-electron chi connectivity index (χ3n) is 6.03. The highest BCUT2D eigenvalue weighted by atomic mass is 16.7. The van der Waals surface area contributed by atoms with Gasteiger partial charge in [-0.05, 0) is 30.5 Å². The Morgan fingerprint density at radius 2 is 1.22 bits per heavy atom. The fourth-order valence-electron chi connectivity index (χ4n) is 3.86. The molecule has 6 heteroatoms. The molecule has 0 heterocycles. The highest BCUT2D eigenvalue weighted by Gasteiger charge is 2.42. The first-order valence-electron chi connectivity index (χ1n) is 12.5. The van der Waals surface area contributed by atoms with E-state index in [9.17, 15) is 20.4 Å². The summed E-state index contributed by atoms with van der Waals surface area (Å²) in [5.74, 6) is -2.13. The van der Waals surface area contributed by atoms with Gasteiger partial charge in [0.2, 0.25) is 0 Å². The zero-order chi connectivity index (χ0) is 23.7. The molecule has 0 radical (unpaired) electrons. The van der Waals surface area contributed by atoms with E-state index in [1.807, 2.05) is 12.1 Å². The van der Waals surface area contributed by atoms with Crippen molar-refractivity contribution in [1.29, 1.82) is 0 Å². The van der Waals surface area contributed by atoms with Crippen molar-refractivity contribution < 1.29 is 30.3 Å². The molecule has 0 aliphatic rings. The molecule has 0 saturated carbocycles. The number of aryl methyl sites for hydroxylation is 1. The quantitative estimate of drug-likeness (QED) is 0.150. The number of benzene rings is 1. The maximum Gasteiger partial charge on any atom is 0.260 e. The molecule has 0 aromatic heterocycles. The van der Waals surface area contributed by atoms with E-state index >= 15 is 0 Å².